The number of nitrogen functional groups attached to an aromatic ring is 1. The maximum absolute atomic E-state index is 13.4. The van der Waals surface area contributed by atoms with Crippen molar-refractivity contribution in [2.45, 2.75) is 130 Å². The van der Waals surface area contributed by atoms with E-state index in [1.165, 1.54) is 5.57 Å². The molecule has 2 heterocycles. The number of rotatable bonds is 7. The van der Waals surface area contributed by atoms with Crippen LogP contribution in [0.2, 0.25) is 0 Å². The highest BCUT2D eigenvalue weighted by Crippen LogP contribution is 2.75. The quantitative estimate of drug-likeness (QED) is 0.299. The predicted molar refractivity (Wildman–Crippen MR) is 180 cm³/mol. The third kappa shape index (κ3) is 4.58. The first kappa shape index (κ1) is 33.5. The number of carboxylic acids is 1. The lowest BCUT2D eigenvalue weighted by Crippen LogP contribution is -2.69. The molecule has 1 aromatic rings. The molecule has 7 rings (SSSR count). The number of fused-ring (bicyclic) bond motifs is 3. The van der Waals surface area contributed by atoms with Gasteiger partial charge in [0.2, 0.25) is 0 Å². The van der Waals surface area contributed by atoms with Gasteiger partial charge in [0.25, 0.3) is 5.95 Å². The van der Waals surface area contributed by atoms with Crippen molar-refractivity contribution < 1.29 is 19.4 Å². The minimum atomic E-state index is -0.627. The summed E-state index contributed by atoms with van der Waals surface area (Å²) in [7, 11) is 0. The van der Waals surface area contributed by atoms with Crippen molar-refractivity contribution in [3.05, 3.63) is 11.6 Å². The second-order valence-electron chi connectivity index (χ2n) is 18.4. The molecular weight excluding hydrogens is 592 g/mol. The maximum atomic E-state index is 13.4. The van der Waals surface area contributed by atoms with Gasteiger partial charge in [-0.3, -0.25) is 4.79 Å². The van der Waals surface area contributed by atoms with Crippen LogP contribution in [0, 0.1) is 56.7 Å². The second kappa shape index (κ2) is 11.0. The fourth-order valence-corrected chi connectivity index (χ4v) is 13.0. The van der Waals surface area contributed by atoms with Gasteiger partial charge in [-0.05, 0) is 96.5 Å². The minimum Gasteiger partial charge on any atom is -0.481 e. The van der Waals surface area contributed by atoms with Crippen molar-refractivity contribution in [1.29, 1.82) is 0 Å². The number of anilines is 1. The lowest BCUT2D eigenvalue weighted by atomic mass is 9.34. The summed E-state index contributed by atoms with van der Waals surface area (Å²) in [6.07, 6.45) is 12.2. The number of ether oxygens (including phenoxy) is 2. The van der Waals surface area contributed by atoms with Gasteiger partial charge in [-0.2, -0.15) is 4.80 Å². The monoisotopic (exact) mass is 652 g/mol. The fourth-order valence-electron chi connectivity index (χ4n) is 13.0. The molecule has 0 amide bonds. The van der Waals surface area contributed by atoms with Gasteiger partial charge in [0.1, 0.15) is 6.04 Å². The Hall–Kier alpha value is -2.04. The maximum Gasteiger partial charge on any atom is 0.307 e. The average molecular weight is 653 g/mol. The summed E-state index contributed by atoms with van der Waals surface area (Å²) >= 11 is 0. The molecule has 6 aliphatic rings. The lowest BCUT2D eigenvalue weighted by molar-refractivity contribution is -0.253. The topological polar surface area (TPSA) is 151 Å². The summed E-state index contributed by atoms with van der Waals surface area (Å²) in [4.78, 5) is 15.1. The summed E-state index contributed by atoms with van der Waals surface area (Å²) in [5.41, 5.74) is 12.8. The zero-order chi connectivity index (χ0) is 33.8. The number of carbonyl (C=O) groups is 1. The number of allylic oxidation sites excluding steroid dienone is 1. The molecule has 0 aromatic carbocycles. The number of aromatic nitrogens is 4. The van der Waals surface area contributed by atoms with E-state index in [0.29, 0.717) is 43.5 Å². The second-order valence-corrected chi connectivity index (χ2v) is 18.4. The molecule has 2 bridgehead atoms. The Kier molecular flexibility index (Phi) is 7.82. The molecule has 5 fully saturated rings. The number of carboxylic acid groups (broad SMARTS) is 1. The van der Waals surface area contributed by atoms with E-state index in [0.717, 1.165) is 64.2 Å². The first-order valence-corrected chi connectivity index (χ1v) is 18.5. The lowest BCUT2D eigenvalue weighted by Gasteiger charge is -2.71. The molecule has 0 spiro atoms. The molecule has 262 valence electrons. The number of hydrogen-bond acceptors (Lipinski definition) is 8. The largest absolute Gasteiger partial charge is 0.481 e. The van der Waals surface area contributed by atoms with Gasteiger partial charge in [-0.25, -0.2) is 0 Å². The van der Waals surface area contributed by atoms with E-state index >= 15 is 0 Å². The molecular formula is C37H60N6O4. The zero-order valence-electron chi connectivity index (χ0n) is 29.9. The number of aliphatic carboxylic acids is 1. The first-order chi connectivity index (χ1) is 22.0. The summed E-state index contributed by atoms with van der Waals surface area (Å²) in [6, 6.07) is -0.163. The normalized spacial score (nSPS) is 46.2. The highest BCUT2D eigenvalue weighted by atomic mass is 16.5. The first-order valence-electron chi connectivity index (χ1n) is 18.5. The summed E-state index contributed by atoms with van der Waals surface area (Å²) in [6.45, 7) is 17.9. The van der Waals surface area contributed by atoms with Crippen LogP contribution in [0.25, 0.3) is 0 Å². The molecule has 10 nitrogen and oxygen atoms in total. The molecule has 5 N–H and O–H groups in total. The molecule has 47 heavy (non-hydrogen) atoms. The number of nitrogens with zero attached hydrogens (tertiary/aromatic N) is 4. The van der Waals surface area contributed by atoms with Crippen LogP contribution in [0.4, 0.5) is 5.95 Å². The SMILES string of the molecule is CC(C)[C@@H](C)[C@@]1(C)CC[C@]2(C)[C@H]3CC[C@@H]4C5(COC[C@]4(C)[C@@H](OCC4(N)CCCC4)[C@H](n4nnc(N)n4)C5)C3=CC[C@@]2(C)[C@@H]1C(=O)O. The minimum absolute atomic E-state index is 0.142. The molecule has 1 aromatic heterocycles. The van der Waals surface area contributed by atoms with E-state index < -0.39 is 11.9 Å². The molecule has 4 saturated carbocycles. The van der Waals surface area contributed by atoms with E-state index in [1.807, 2.05) is 0 Å². The average Bonchev–Trinajstić information content (AvgIpc) is 3.64. The van der Waals surface area contributed by atoms with Gasteiger partial charge in [-0.15, -0.1) is 5.10 Å². The molecule has 1 aliphatic heterocycles. The summed E-state index contributed by atoms with van der Waals surface area (Å²) < 4.78 is 13.7. The van der Waals surface area contributed by atoms with Crippen LogP contribution in [-0.2, 0) is 14.3 Å². The van der Waals surface area contributed by atoms with Crippen LogP contribution >= 0.6 is 0 Å². The third-order valence-corrected chi connectivity index (χ3v) is 16.0. The van der Waals surface area contributed by atoms with Gasteiger partial charge in [0.15, 0.2) is 0 Å². The summed E-state index contributed by atoms with van der Waals surface area (Å²) in [5.74, 6) is 0.526. The number of hydrogen-bond donors (Lipinski definition) is 3. The molecule has 1 saturated heterocycles. The zero-order valence-corrected chi connectivity index (χ0v) is 29.9. The van der Waals surface area contributed by atoms with Crippen molar-refractivity contribution in [2.75, 3.05) is 25.6 Å². The van der Waals surface area contributed by atoms with Crippen molar-refractivity contribution in [3.8, 4) is 0 Å². The molecule has 10 heteroatoms. The van der Waals surface area contributed by atoms with E-state index in [-0.39, 0.29) is 50.7 Å². The third-order valence-electron chi connectivity index (χ3n) is 16.0. The Morgan fingerprint density at radius 3 is 2.45 bits per heavy atom. The highest BCUT2D eigenvalue weighted by molar-refractivity contribution is 5.73. The highest BCUT2D eigenvalue weighted by Gasteiger charge is 2.72. The fraction of sp³-hybridized carbons (Fsp3) is 0.892. The Labute approximate surface area is 281 Å². The van der Waals surface area contributed by atoms with Crippen molar-refractivity contribution in [1.82, 2.24) is 20.2 Å². The van der Waals surface area contributed by atoms with Crippen LogP contribution in [0.15, 0.2) is 11.6 Å². The van der Waals surface area contributed by atoms with Gasteiger partial charge >= 0.3 is 5.97 Å². The van der Waals surface area contributed by atoms with Gasteiger partial charge in [0, 0.05) is 16.4 Å². The van der Waals surface area contributed by atoms with Crippen molar-refractivity contribution in [3.63, 3.8) is 0 Å². The van der Waals surface area contributed by atoms with Gasteiger partial charge in [0.05, 0.1) is 31.8 Å². The van der Waals surface area contributed by atoms with Crippen molar-refractivity contribution >= 4 is 11.9 Å². The standard InChI is InChI=1S/C37H60N6O4/c1-22(2)23(3)32(4)16-17-34(6)24-10-11-27-33(5)19-46-21-37(27,25(24)12-15-35(34,7)28(32)30(44)45)18-26(43-41-31(38)40-42-43)29(33)47-20-36(39)13-8-9-14-36/h12,22-24,26-29H,8-11,13-21,39H2,1-7H3,(H2,38,41)(H,44,45)/t23-,24+,26-,27+,28-,29+,32-,33+,34-,35+,37?/m1/s1. The molecule has 11 atom stereocenters. The number of nitrogens with two attached hydrogens (primary N) is 2. The van der Waals surface area contributed by atoms with E-state index in [2.05, 4.69) is 70.0 Å². The van der Waals surface area contributed by atoms with Gasteiger partial charge < -0.3 is 26.0 Å². The van der Waals surface area contributed by atoms with Crippen LogP contribution in [0.5, 0.6) is 0 Å². The van der Waals surface area contributed by atoms with Gasteiger partial charge in [-0.1, -0.05) is 78.1 Å². The molecule has 0 radical (unpaired) electrons. The Morgan fingerprint density at radius 1 is 1.09 bits per heavy atom. The predicted octanol–water partition coefficient (Wildman–Crippen LogP) is 6.04. The summed E-state index contributed by atoms with van der Waals surface area (Å²) in [5, 5.41) is 24.2. The Bertz CT molecular complexity index is 1420. The van der Waals surface area contributed by atoms with Crippen molar-refractivity contribution in [2.24, 2.45) is 62.4 Å². The van der Waals surface area contributed by atoms with E-state index in [1.54, 1.807) is 4.80 Å². The molecule has 1 unspecified atom stereocenters. The van der Waals surface area contributed by atoms with Crippen LogP contribution in [0.1, 0.15) is 119 Å². The van der Waals surface area contributed by atoms with Crippen LogP contribution in [0.3, 0.4) is 0 Å². The smallest absolute Gasteiger partial charge is 0.307 e. The van der Waals surface area contributed by atoms with E-state index in [9.17, 15) is 9.90 Å². The van der Waals surface area contributed by atoms with Crippen LogP contribution in [-0.4, -0.2) is 62.7 Å². The number of tetrazole rings is 1. The molecule has 5 aliphatic carbocycles. The Balaban J connectivity index is 1.30. The van der Waals surface area contributed by atoms with E-state index in [4.69, 9.17) is 20.9 Å². The van der Waals surface area contributed by atoms with Crippen LogP contribution < -0.4 is 11.5 Å². The Morgan fingerprint density at radius 2 is 1.81 bits per heavy atom.